The van der Waals surface area contributed by atoms with Gasteiger partial charge in [0.1, 0.15) is 0 Å². The monoisotopic (exact) mass is 308 g/mol. The first-order chi connectivity index (χ1) is 9.97. The Morgan fingerprint density at radius 3 is 2.43 bits per heavy atom. The van der Waals surface area contributed by atoms with Crippen molar-refractivity contribution in [3.05, 3.63) is 58.3 Å². The number of rotatable bonds is 3. The molecule has 21 heavy (non-hydrogen) atoms. The molecule has 2 rings (SSSR count). The van der Waals surface area contributed by atoms with E-state index in [-0.39, 0.29) is 0 Å². The molecule has 5 heteroatoms. The van der Waals surface area contributed by atoms with Gasteiger partial charge in [-0.1, -0.05) is 36.1 Å². The molecule has 0 aliphatic rings. The molecule has 1 atom stereocenters. The smallest absolute Gasteiger partial charge is 0.290 e. The minimum Gasteiger partial charge on any atom is -0.290 e. The number of carbonyl (C=O) groups excluding carboxylic acids is 1. The number of hydrogen-bond donors (Lipinski definition) is 0. The van der Waals surface area contributed by atoms with Crippen molar-refractivity contribution in [3.63, 3.8) is 0 Å². The number of alkyl halides is 3. The first-order valence-electron chi connectivity index (χ1n) is 6.17. The molecule has 0 fully saturated rings. The molecule has 2 aromatic rings. The minimum atomic E-state index is -4.82. The lowest BCUT2D eigenvalue weighted by Gasteiger charge is -2.09. The van der Waals surface area contributed by atoms with E-state index in [4.69, 9.17) is 0 Å². The Balaban J connectivity index is 2.22. The third kappa shape index (κ3) is 4.47. The van der Waals surface area contributed by atoms with Crippen LogP contribution in [0.25, 0.3) is 0 Å². The van der Waals surface area contributed by atoms with Gasteiger partial charge in [0.2, 0.25) is 5.78 Å². The Morgan fingerprint density at radius 2 is 1.86 bits per heavy atom. The largest absolute Gasteiger partial charge is 0.450 e. The fourth-order valence-corrected chi connectivity index (χ4v) is 2.48. The lowest BCUT2D eigenvalue weighted by atomic mass is 10.0. The van der Waals surface area contributed by atoms with E-state index in [9.17, 15) is 18.0 Å². The van der Waals surface area contributed by atoms with Crippen LogP contribution in [0, 0.1) is 11.8 Å². The van der Waals surface area contributed by atoms with Gasteiger partial charge in [0, 0.05) is 16.9 Å². The number of carbonyl (C=O) groups is 1. The lowest BCUT2D eigenvalue weighted by molar-refractivity contribution is -0.171. The van der Waals surface area contributed by atoms with Gasteiger partial charge in [-0.25, -0.2) is 0 Å². The third-order valence-corrected chi connectivity index (χ3v) is 3.74. The number of ketones is 1. The summed E-state index contributed by atoms with van der Waals surface area (Å²) in [7, 11) is 0. The van der Waals surface area contributed by atoms with E-state index in [1.165, 1.54) is 11.3 Å². The van der Waals surface area contributed by atoms with Crippen LogP contribution in [-0.2, 0) is 4.79 Å². The lowest BCUT2D eigenvalue weighted by Crippen LogP contribution is -2.24. The Labute approximate surface area is 124 Å². The molecule has 1 heterocycles. The summed E-state index contributed by atoms with van der Waals surface area (Å²) in [5.41, 5.74) is 0.707. The van der Waals surface area contributed by atoms with Crippen LogP contribution < -0.4 is 0 Å². The summed E-state index contributed by atoms with van der Waals surface area (Å²) in [6.45, 7) is 0. The molecule has 0 spiro atoms. The maximum atomic E-state index is 12.4. The van der Waals surface area contributed by atoms with Crippen LogP contribution in [0.3, 0.4) is 0 Å². The Kier molecular flexibility index (Phi) is 4.81. The standard InChI is InChI=1S/C16H11F3OS/c17-16(18,19)15(20)11-13(14-7-4-10-21-14)9-8-12-5-2-1-3-6-12/h1-7,10,13H,11H2/t13-/m1/s1. The van der Waals surface area contributed by atoms with Crippen molar-refractivity contribution in [2.24, 2.45) is 0 Å². The van der Waals surface area contributed by atoms with Crippen LogP contribution in [0.15, 0.2) is 47.8 Å². The molecule has 0 N–H and O–H groups in total. The van der Waals surface area contributed by atoms with E-state index < -0.39 is 24.3 Å². The van der Waals surface area contributed by atoms with Gasteiger partial charge in [0.25, 0.3) is 0 Å². The normalized spacial score (nSPS) is 12.3. The maximum absolute atomic E-state index is 12.4. The van der Waals surface area contributed by atoms with E-state index in [2.05, 4.69) is 11.8 Å². The van der Waals surface area contributed by atoms with Gasteiger partial charge >= 0.3 is 6.18 Å². The molecule has 1 nitrogen and oxygen atoms in total. The van der Waals surface area contributed by atoms with Gasteiger partial charge < -0.3 is 0 Å². The minimum absolute atomic E-state index is 0.649. The summed E-state index contributed by atoms with van der Waals surface area (Å²) in [4.78, 5) is 11.9. The van der Waals surface area contributed by atoms with E-state index in [0.717, 1.165) is 0 Å². The van der Waals surface area contributed by atoms with Gasteiger partial charge in [-0.2, -0.15) is 13.2 Å². The van der Waals surface area contributed by atoms with Crippen LogP contribution >= 0.6 is 11.3 Å². The van der Waals surface area contributed by atoms with Crippen LogP contribution in [0.2, 0.25) is 0 Å². The van der Waals surface area contributed by atoms with Gasteiger partial charge in [-0.3, -0.25) is 4.79 Å². The zero-order valence-electron chi connectivity index (χ0n) is 10.9. The third-order valence-electron chi connectivity index (χ3n) is 2.76. The maximum Gasteiger partial charge on any atom is 0.450 e. The molecule has 0 saturated heterocycles. The number of Topliss-reactive ketones (excluding diaryl/α,β-unsaturated/α-hetero) is 1. The highest BCUT2D eigenvalue weighted by Crippen LogP contribution is 2.28. The molecular formula is C16H11F3OS. The van der Waals surface area contributed by atoms with Crippen LogP contribution in [0.1, 0.15) is 22.8 Å². The molecule has 0 unspecified atom stereocenters. The molecule has 1 aromatic heterocycles. The number of hydrogen-bond acceptors (Lipinski definition) is 2. The SMILES string of the molecule is O=C(C[C@@H](C#Cc1ccccc1)c1cccs1)C(F)(F)F. The summed E-state index contributed by atoms with van der Waals surface area (Å²) in [5.74, 6) is 3.12. The highest BCUT2D eigenvalue weighted by molar-refractivity contribution is 7.10. The van der Waals surface area contributed by atoms with Gasteiger partial charge in [-0.05, 0) is 23.6 Å². The zero-order chi connectivity index (χ0) is 15.3. The van der Waals surface area contributed by atoms with E-state index in [0.29, 0.717) is 10.4 Å². The molecule has 0 radical (unpaired) electrons. The van der Waals surface area contributed by atoms with Crippen LogP contribution in [0.5, 0.6) is 0 Å². The molecule has 1 aromatic carbocycles. The van der Waals surface area contributed by atoms with E-state index in [1.807, 2.05) is 6.07 Å². The number of benzene rings is 1. The second kappa shape index (κ2) is 6.59. The fraction of sp³-hybridized carbons (Fsp3) is 0.188. The Hall–Kier alpha value is -2.06. The van der Waals surface area contributed by atoms with Crippen molar-refractivity contribution in [3.8, 4) is 11.8 Å². The second-order valence-corrected chi connectivity index (χ2v) is 5.31. The van der Waals surface area contributed by atoms with E-state index >= 15 is 0 Å². The number of thiophene rings is 1. The van der Waals surface area contributed by atoms with Gasteiger partial charge in [0.15, 0.2) is 0 Å². The van der Waals surface area contributed by atoms with Crippen molar-refractivity contribution in [2.75, 3.05) is 0 Å². The average Bonchev–Trinajstić information content (AvgIpc) is 2.97. The zero-order valence-corrected chi connectivity index (χ0v) is 11.7. The predicted octanol–water partition coefficient (Wildman–Crippen LogP) is 4.40. The van der Waals surface area contributed by atoms with Crippen molar-refractivity contribution in [2.45, 2.75) is 18.5 Å². The topological polar surface area (TPSA) is 17.1 Å². The second-order valence-electron chi connectivity index (χ2n) is 4.33. The molecule has 0 saturated carbocycles. The van der Waals surface area contributed by atoms with Crippen molar-refractivity contribution in [1.29, 1.82) is 0 Å². The molecule has 0 aliphatic carbocycles. The fourth-order valence-electron chi connectivity index (χ4n) is 1.71. The van der Waals surface area contributed by atoms with Crippen molar-refractivity contribution < 1.29 is 18.0 Å². The summed E-state index contributed by atoms with van der Waals surface area (Å²) in [6, 6.07) is 12.4. The number of halogens is 3. The Morgan fingerprint density at radius 1 is 1.14 bits per heavy atom. The first-order valence-corrected chi connectivity index (χ1v) is 7.05. The molecule has 108 valence electrons. The molecule has 0 bridgehead atoms. The quantitative estimate of drug-likeness (QED) is 0.768. The predicted molar refractivity (Wildman–Crippen MR) is 76.1 cm³/mol. The summed E-state index contributed by atoms with van der Waals surface area (Å²) >= 11 is 1.30. The molecular weight excluding hydrogens is 297 g/mol. The van der Waals surface area contributed by atoms with Gasteiger partial charge in [0.05, 0.1) is 5.92 Å². The Bertz CT molecular complexity index is 648. The van der Waals surface area contributed by atoms with Crippen LogP contribution in [-0.4, -0.2) is 12.0 Å². The molecule has 0 aliphatic heterocycles. The summed E-state index contributed by atoms with van der Waals surface area (Å²) in [5, 5.41) is 1.75. The van der Waals surface area contributed by atoms with Crippen molar-refractivity contribution in [1.82, 2.24) is 0 Å². The highest BCUT2D eigenvalue weighted by Gasteiger charge is 2.39. The average molecular weight is 308 g/mol. The van der Waals surface area contributed by atoms with E-state index in [1.54, 1.807) is 41.8 Å². The van der Waals surface area contributed by atoms with Gasteiger partial charge in [-0.15, -0.1) is 11.3 Å². The summed E-state index contributed by atoms with van der Waals surface area (Å²) in [6.07, 6.45) is -5.46. The van der Waals surface area contributed by atoms with Crippen molar-refractivity contribution >= 4 is 17.1 Å². The summed E-state index contributed by atoms with van der Waals surface area (Å²) < 4.78 is 37.3. The van der Waals surface area contributed by atoms with Crippen LogP contribution in [0.4, 0.5) is 13.2 Å². The molecule has 0 amide bonds. The first kappa shape index (κ1) is 15.3. The highest BCUT2D eigenvalue weighted by atomic mass is 32.1.